The third-order valence-corrected chi connectivity index (χ3v) is 6.85. The Balaban J connectivity index is 1.64. The molecule has 0 aromatic heterocycles. The molecule has 1 aliphatic rings. The van der Waals surface area contributed by atoms with Crippen molar-refractivity contribution in [3.63, 3.8) is 0 Å². The van der Waals surface area contributed by atoms with Crippen LogP contribution in [-0.2, 0) is 35.3 Å². The molecule has 1 heterocycles. The Labute approximate surface area is 230 Å². The standard InChI is InChI=1S/C30H31F3N4O3/c1-2-5-27(38)36-25-14-12-21-16-23(30(31,32)33)13-15-26(21)37(28(25)39)18-19-8-10-20(11-9-19)24-7-4-3-6-22(24)17-35-29(34)40/h3-4,6-11,13,15-16,25H,2,5,12,14,17-18H2,1H3,(H,36,38)(H3,34,35,40)/t25-/m1/s1. The van der Waals surface area contributed by atoms with Crippen molar-refractivity contribution < 1.29 is 27.6 Å². The summed E-state index contributed by atoms with van der Waals surface area (Å²) in [5.41, 5.74) is 8.66. The highest BCUT2D eigenvalue weighted by Crippen LogP contribution is 2.36. The van der Waals surface area contributed by atoms with Gasteiger partial charge in [0.1, 0.15) is 6.04 Å². The smallest absolute Gasteiger partial charge is 0.352 e. The number of amides is 4. The fraction of sp³-hybridized carbons (Fsp3) is 0.300. The maximum absolute atomic E-state index is 13.6. The fourth-order valence-corrected chi connectivity index (χ4v) is 4.86. The molecule has 40 heavy (non-hydrogen) atoms. The molecule has 4 amide bonds. The minimum Gasteiger partial charge on any atom is -0.352 e. The van der Waals surface area contributed by atoms with Gasteiger partial charge in [-0.25, -0.2) is 4.79 Å². The average molecular weight is 553 g/mol. The van der Waals surface area contributed by atoms with Crippen LogP contribution in [0.15, 0.2) is 66.7 Å². The summed E-state index contributed by atoms with van der Waals surface area (Å²) >= 11 is 0. The van der Waals surface area contributed by atoms with Crippen molar-refractivity contribution in [3.05, 3.63) is 89.0 Å². The number of benzene rings is 3. The number of hydrogen-bond acceptors (Lipinski definition) is 3. The van der Waals surface area contributed by atoms with Crippen LogP contribution in [0, 0.1) is 0 Å². The first-order valence-electron chi connectivity index (χ1n) is 13.1. The van der Waals surface area contributed by atoms with E-state index < -0.39 is 23.8 Å². The van der Waals surface area contributed by atoms with E-state index in [1.807, 2.05) is 55.5 Å². The lowest BCUT2D eigenvalue weighted by molar-refractivity contribution is -0.137. The highest BCUT2D eigenvalue weighted by molar-refractivity contribution is 6.00. The summed E-state index contributed by atoms with van der Waals surface area (Å²) in [5, 5.41) is 5.36. The second-order valence-corrected chi connectivity index (χ2v) is 9.75. The van der Waals surface area contributed by atoms with E-state index in [0.29, 0.717) is 17.7 Å². The first-order valence-corrected chi connectivity index (χ1v) is 13.1. The zero-order valence-corrected chi connectivity index (χ0v) is 22.1. The molecule has 0 fully saturated rings. The molecule has 0 radical (unpaired) electrons. The lowest BCUT2D eigenvalue weighted by Gasteiger charge is -2.27. The Hall–Kier alpha value is -4.34. The molecule has 4 rings (SSSR count). The Kier molecular flexibility index (Phi) is 8.77. The molecular formula is C30H31F3N4O3. The average Bonchev–Trinajstić information content (AvgIpc) is 3.04. The van der Waals surface area contributed by atoms with Crippen LogP contribution in [0.2, 0.25) is 0 Å². The van der Waals surface area contributed by atoms with E-state index in [9.17, 15) is 27.6 Å². The number of nitrogens with one attached hydrogen (secondary N) is 2. The van der Waals surface area contributed by atoms with Crippen LogP contribution in [0.4, 0.5) is 23.7 Å². The normalized spacial score (nSPS) is 15.2. The van der Waals surface area contributed by atoms with Gasteiger partial charge < -0.3 is 21.3 Å². The molecule has 1 atom stereocenters. The number of carbonyl (C=O) groups is 3. The van der Waals surface area contributed by atoms with E-state index in [-0.39, 0.29) is 44.2 Å². The van der Waals surface area contributed by atoms with E-state index in [1.165, 1.54) is 11.0 Å². The molecule has 1 aliphatic heterocycles. The molecule has 3 aromatic rings. The van der Waals surface area contributed by atoms with Gasteiger partial charge in [-0.1, -0.05) is 55.5 Å². The monoisotopic (exact) mass is 552 g/mol. The van der Waals surface area contributed by atoms with Crippen molar-refractivity contribution in [2.45, 2.75) is 57.9 Å². The van der Waals surface area contributed by atoms with Crippen LogP contribution in [-0.4, -0.2) is 23.9 Å². The van der Waals surface area contributed by atoms with Crippen LogP contribution in [0.1, 0.15) is 48.4 Å². The second-order valence-electron chi connectivity index (χ2n) is 9.75. The van der Waals surface area contributed by atoms with Crippen LogP contribution in [0.5, 0.6) is 0 Å². The lowest BCUT2D eigenvalue weighted by atomic mass is 9.98. The van der Waals surface area contributed by atoms with Crippen molar-refractivity contribution in [2.75, 3.05) is 4.90 Å². The Morgan fingerprint density at radius 2 is 1.77 bits per heavy atom. The molecule has 0 saturated carbocycles. The van der Waals surface area contributed by atoms with Crippen LogP contribution < -0.4 is 21.3 Å². The molecular weight excluding hydrogens is 521 g/mol. The number of urea groups is 1. The minimum absolute atomic E-state index is 0.114. The maximum atomic E-state index is 13.6. The summed E-state index contributed by atoms with van der Waals surface area (Å²) in [7, 11) is 0. The molecule has 4 N–H and O–H groups in total. The van der Waals surface area contributed by atoms with Crippen molar-refractivity contribution in [1.29, 1.82) is 0 Å². The number of anilines is 1. The van der Waals surface area contributed by atoms with E-state index in [0.717, 1.165) is 34.4 Å². The molecule has 0 unspecified atom stereocenters. The Morgan fingerprint density at radius 1 is 1.05 bits per heavy atom. The van der Waals surface area contributed by atoms with E-state index in [1.54, 1.807) is 0 Å². The number of rotatable bonds is 8. The van der Waals surface area contributed by atoms with Gasteiger partial charge in [0.25, 0.3) is 0 Å². The highest BCUT2D eigenvalue weighted by Gasteiger charge is 2.35. The third kappa shape index (κ3) is 6.80. The van der Waals surface area contributed by atoms with Gasteiger partial charge in [0.15, 0.2) is 0 Å². The number of halogens is 3. The molecule has 10 heteroatoms. The summed E-state index contributed by atoms with van der Waals surface area (Å²) in [4.78, 5) is 38.6. The van der Waals surface area contributed by atoms with Gasteiger partial charge >= 0.3 is 12.2 Å². The van der Waals surface area contributed by atoms with Crippen molar-refractivity contribution in [2.24, 2.45) is 5.73 Å². The topological polar surface area (TPSA) is 105 Å². The van der Waals surface area contributed by atoms with Crippen molar-refractivity contribution in [3.8, 4) is 11.1 Å². The number of alkyl halides is 3. The van der Waals surface area contributed by atoms with Gasteiger partial charge in [-0.15, -0.1) is 0 Å². The Bertz CT molecular complexity index is 1390. The first kappa shape index (κ1) is 28.7. The quantitative estimate of drug-likeness (QED) is 0.353. The van der Waals surface area contributed by atoms with Crippen molar-refractivity contribution in [1.82, 2.24) is 10.6 Å². The number of aryl methyl sites for hydroxylation is 1. The Morgan fingerprint density at radius 3 is 2.45 bits per heavy atom. The van der Waals surface area contributed by atoms with E-state index >= 15 is 0 Å². The first-order chi connectivity index (χ1) is 19.1. The summed E-state index contributed by atoms with van der Waals surface area (Å²) in [6, 6.07) is 16.9. The van der Waals surface area contributed by atoms with Gasteiger partial charge in [-0.2, -0.15) is 13.2 Å². The molecule has 7 nitrogen and oxygen atoms in total. The maximum Gasteiger partial charge on any atom is 0.416 e. The van der Waals surface area contributed by atoms with Gasteiger partial charge in [-0.05, 0) is 65.3 Å². The number of hydrogen-bond donors (Lipinski definition) is 3. The minimum atomic E-state index is -4.51. The molecule has 210 valence electrons. The molecule has 0 spiro atoms. The zero-order chi connectivity index (χ0) is 28.9. The number of nitrogens with zero attached hydrogens (tertiary/aromatic N) is 1. The SMILES string of the molecule is CCCC(=O)N[C@@H]1CCc2cc(C(F)(F)F)ccc2N(Cc2ccc(-c3ccccc3CNC(N)=O)cc2)C1=O. The number of fused-ring (bicyclic) bond motifs is 1. The van der Waals surface area contributed by atoms with E-state index in [4.69, 9.17) is 5.73 Å². The van der Waals surface area contributed by atoms with Crippen LogP contribution >= 0.6 is 0 Å². The predicted octanol–water partition coefficient (Wildman–Crippen LogP) is 5.31. The summed E-state index contributed by atoms with van der Waals surface area (Å²) < 4.78 is 40.3. The fourth-order valence-electron chi connectivity index (χ4n) is 4.86. The van der Waals surface area contributed by atoms with Gasteiger partial charge in [0.05, 0.1) is 12.1 Å². The molecule has 3 aromatic carbocycles. The second kappa shape index (κ2) is 12.2. The predicted molar refractivity (Wildman–Crippen MR) is 146 cm³/mol. The zero-order valence-electron chi connectivity index (χ0n) is 22.1. The molecule has 0 saturated heterocycles. The number of nitrogens with two attached hydrogens (primary N) is 1. The third-order valence-electron chi connectivity index (χ3n) is 6.85. The molecule has 0 aliphatic carbocycles. The largest absolute Gasteiger partial charge is 0.416 e. The van der Waals surface area contributed by atoms with Gasteiger partial charge in [-0.3, -0.25) is 9.59 Å². The number of carbonyl (C=O) groups excluding carboxylic acids is 3. The van der Waals surface area contributed by atoms with Crippen LogP contribution in [0.3, 0.4) is 0 Å². The highest BCUT2D eigenvalue weighted by atomic mass is 19.4. The van der Waals surface area contributed by atoms with Crippen LogP contribution in [0.25, 0.3) is 11.1 Å². The summed E-state index contributed by atoms with van der Waals surface area (Å²) in [5.74, 6) is -0.633. The van der Waals surface area contributed by atoms with E-state index in [2.05, 4.69) is 10.6 Å². The summed E-state index contributed by atoms with van der Waals surface area (Å²) in [6.45, 7) is 2.23. The van der Waals surface area contributed by atoms with Crippen molar-refractivity contribution >= 4 is 23.5 Å². The van der Waals surface area contributed by atoms with Gasteiger partial charge in [0, 0.05) is 18.7 Å². The number of primary amides is 1. The summed E-state index contributed by atoms with van der Waals surface area (Å²) in [6.07, 6.45) is -3.22. The lowest BCUT2D eigenvalue weighted by Crippen LogP contribution is -2.47. The molecule has 0 bridgehead atoms. The van der Waals surface area contributed by atoms with Gasteiger partial charge in [0.2, 0.25) is 11.8 Å².